The van der Waals surface area contributed by atoms with E-state index in [4.69, 9.17) is 4.74 Å². The average Bonchev–Trinajstić information content (AvgIpc) is 2.05. The molecule has 0 fully saturated rings. The molecule has 0 aliphatic heterocycles. The monoisotopic (exact) mass is 230 g/mol. The molecule has 0 bridgehead atoms. The number of hydrogen-bond donors (Lipinski definition) is 0. The van der Waals surface area contributed by atoms with E-state index in [0.717, 1.165) is 0 Å². The van der Waals surface area contributed by atoms with Crippen molar-refractivity contribution in [1.82, 2.24) is 0 Å². The van der Waals surface area contributed by atoms with Crippen LogP contribution in [0.15, 0.2) is 0 Å². The molecule has 2 unspecified atom stereocenters. The molecule has 6 heteroatoms. The average molecular weight is 230 g/mol. The summed E-state index contributed by atoms with van der Waals surface area (Å²) in [5.41, 5.74) is -0.501. The fourth-order valence-corrected chi connectivity index (χ4v) is 1.02. The molecule has 0 aromatic rings. The summed E-state index contributed by atoms with van der Waals surface area (Å²) in [5, 5.41) is 0. The topological polar surface area (TPSA) is 52.6 Å². The first kappa shape index (κ1) is 16.8. The first-order valence-corrected chi connectivity index (χ1v) is 4.86. The van der Waals surface area contributed by atoms with Gasteiger partial charge in [-0.15, -0.1) is 9.24 Å². The normalized spacial score (nSPS) is 11.1. The molecular weight excluding hydrogens is 214 g/mol. The second-order valence-corrected chi connectivity index (χ2v) is 3.17. The standard InChI is InChI=1S/C8H15O4P.Na.H/c1-3-11-7(9)5-6(13)8(10)12-4-2;;/h6H,3-5,13H2,1-2H3;;. The fourth-order valence-electron chi connectivity index (χ4n) is 0.732. The third-order valence-electron chi connectivity index (χ3n) is 1.28. The van der Waals surface area contributed by atoms with E-state index in [1.54, 1.807) is 13.8 Å². The molecule has 0 aliphatic rings. The SMILES string of the molecule is CCOC(=O)CC(P)C(=O)OCC.[NaH]. The minimum absolute atomic E-state index is 0. The Balaban J connectivity index is 0. The van der Waals surface area contributed by atoms with Crippen LogP contribution in [-0.4, -0.2) is 60.4 Å². The van der Waals surface area contributed by atoms with Crippen LogP contribution in [0.25, 0.3) is 0 Å². The summed E-state index contributed by atoms with van der Waals surface area (Å²) in [5.74, 6) is -0.767. The number of esters is 2. The third kappa shape index (κ3) is 7.74. The molecule has 0 N–H and O–H groups in total. The Morgan fingerprint density at radius 1 is 1.21 bits per heavy atom. The predicted octanol–water partition coefficient (Wildman–Crippen LogP) is 0.0979. The molecule has 0 aliphatic carbocycles. The first-order chi connectivity index (χ1) is 6.11. The van der Waals surface area contributed by atoms with Crippen molar-refractivity contribution in [3.63, 3.8) is 0 Å². The van der Waals surface area contributed by atoms with E-state index in [0.29, 0.717) is 13.2 Å². The van der Waals surface area contributed by atoms with Gasteiger partial charge in [-0.1, -0.05) is 0 Å². The van der Waals surface area contributed by atoms with Gasteiger partial charge in [0.2, 0.25) is 0 Å². The van der Waals surface area contributed by atoms with E-state index in [-0.39, 0.29) is 47.9 Å². The van der Waals surface area contributed by atoms with Crippen LogP contribution in [-0.2, 0) is 19.1 Å². The molecule has 0 heterocycles. The van der Waals surface area contributed by atoms with Gasteiger partial charge in [-0.3, -0.25) is 9.59 Å². The molecule has 0 rings (SSSR count). The molecular formula is C8H16NaO4P. The Hall–Kier alpha value is 0.370. The number of carbonyl (C=O) groups is 2. The van der Waals surface area contributed by atoms with Gasteiger partial charge in [-0.25, -0.2) is 0 Å². The zero-order valence-corrected chi connectivity index (χ0v) is 9.06. The van der Waals surface area contributed by atoms with Crippen LogP contribution >= 0.6 is 9.24 Å². The quantitative estimate of drug-likeness (QED) is 0.382. The Labute approximate surface area is 109 Å². The van der Waals surface area contributed by atoms with Crippen LogP contribution in [0.4, 0.5) is 0 Å². The zero-order valence-electron chi connectivity index (χ0n) is 7.91. The minimum atomic E-state index is -0.501. The van der Waals surface area contributed by atoms with Gasteiger partial charge in [-0.2, -0.15) is 0 Å². The van der Waals surface area contributed by atoms with Crippen LogP contribution in [0.3, 0.4) is 0 Å². The van der Waals surface area contributed by atoms with Crippen LogP contribution in [0, 0.1) is 0 Å². The predicted molar refractivity (Wildman–Crippen MR) is 58.5 cm³/mol. The third-order valence-corrected chi connectivity index (χ3v) is 1.79. The maximum atomic E-state index is 11.0. The molecule has 78 valence electrons. The van der Waals surface area contributed by atoms with Crippen molar-refractivity contribution >= 4 is 50.7 Å². The Morgan fingerprint density at radius 3 is 2.14 bits per heavy atom. The summed E-state index contributed by atoms with van der Waals surface area (Å²) >= 11 is 0. The van der Waals surface area contributed by atoms with Crippen molar-refractivity contribution in [3.05, 3.63) is 0 Å². The van der Waals surface area contributed by atoms with Gasteiger partial charge in [0.05, 0.1) is 25.3 Å². The number of rotatable bonds is 5. The summed E-state index contributed by atoms with van der Waals surface area (Å²) in [7, 11) is 2.27. The first-order valence-electron chi connectivity index (χ1n) is 4.19. The molecule has 0 saturated carbocycles. The van der Waals surface area contributed by atoms with Crippen molar-refractivity contribution in [2.75, 3.05) is 13.2 Å². The van der Waals surface area contributed by atoms with Gasteiger partial charge in [0, 0.05) is 0 Å². The summed E-state index contributed by atoms with van der Waals surface area (Å²) in [4.78, 5) is 22.0. The van der Waals surface area contributed by atoms with Crippen molar-refractivity contribution < 1.29 is 19.1 Å². The van der Waals surface area contributed by atoms with Crippen LogP contribution in [0.2, 0.25) is 0 Å². The van der Waals surface area contributed by atoms with Crippen molar-refractivity contribution in [3.8, 4) is 0 Å². The Kier molecular flexibility index (Phi) is 11.9. The van der Waals surface area contributed by atoms with Gasteiger partial charge < -0.3 is 9.47 Å². The van der Waals surface area contributed by atoms with Crippen molar-refractivity contribution in [2.45, 2.75) is 25.9 Å². The number of ether oxygens (including phenoxy) is 2. The van der Waals surface area contributed by atoms with Gasteiger partial charge in [0.25, 0.3) is 0 Å². The van der Waals surface area contributed by atoms with Gasteiger partial charge in [0.15, 0.2) is 0 Å². The molecule has 4 nitrogen and oxygen atoms in total. The van der Waals surface area contributed by atoms with Gasteiger partial charge in [0.1, 0.15) is 0 Å². The summed E-state index contributed by atoms with van der Waals surface area (Å²) in [6, 6.07) is 0. The fraction of sp³-hybridized carbons (Fsp3) is 0.750. The van der Waals surface area contributed by atoms with Crippen LogP contribution in [0.1, 0.15) is 20.3 Å². The van der Waals surface area contributed by atoms with E-state index >= 15 is 0 Å². The molecule has 0 saturated heterocycles. The van der Waals surface area contributed by atoms with E-state index < -0.39 is 5.66 Å². The van der Waals surface area contributed by atoms with Crippen molar-refractivity contribution in [1.29, 1.82) is 0 Å². The second-order valence-electron chi connectivity index (χ2n) is 2.37. The molecule has 0 aromatic carbocycles. The van der Waals surface area contributed by atoms with E-state index in [1.807, 2.05) is 0 Å². The molecule has 0 radical (unpaired) electrons. The van der Waals surface area contributed by atoms with Crippen LogP contribution < -0.4 is 0 Å². The molecule has 0 aromatic heterocycles. The molecule has 0 spiro atoms. The number of hydrogen-bond acceptors (Lipinski definition) is 4. The summed E-state index contributed by atoms with van der Waals surface area (Å²) in [6.07, 6.45) is 0.0529. The van der Waals surface area contributed by atoms with E-state index in [9.17, 15) is 9.59 Å². The van der Waals surface area contributed by atoms with E-state index in [2.05, 4.69) is 14.0 Å². The van der Waals surface area contributed by atoms with Gasteiger partial charge >= 0.3 is 41.5 Å². The van der Waals surface area contributed by atoms with Gasteiger partial charge in [-0.05, 0) is 13.8 Å². The zero-order chi connectivity index (χ0) is 10.3. The molecule has 14 heavy (non-hydrogen) atoms. The summed E-state index contributed by atoms with van der Waals surface area (Å²) in [6.45, 7) is 4.10. The van der Waals surface area contributed by atoms with Crippen LogP contribution in [0.5, 0.6) is 0 Å². The summed E-state index contributed by atoms with van der Waals surface area (Å²) < 4.78 is 9.40. The number of carbonyl (C=O) groups excluding carboxylic acids is 2. The molecule has 2 atom stereocenters. The van der Waals surface area contributed by atoms with E-state index in [1.165, 1.54) is 0 Å². The maximum absolute atomic E-state index is 11.0. The second kappa shape index (κ2) is 9.91. The Bertz CT molecular complexity index is 186. The Morgan fingerprint density at radius 2 is 1.71 bits per heavy atom. The van der Waals surface area contributed by atoms with Crippen molar-refractivity contribution in [2.24, 2.45) is 0 Å². The molecule has 0 amide bonds.